The molecule has 1 atom stereocenters. The highest BCUT2D eigenvalue weighted by Crippen LogP contribution is 2.30. The van der Waals surface area contributed by atoms with Gasteiger partial charge in [0.1, 0.15) is 25.1 Å². The Balaban J connectivity index is 1.12. The average molecular weight is 458 g/mol. The molecule has 3 aromatic carbocycles. The Morgan fingerprint density at radius 1 is 1.00 bits per heavy atom. The van der Waals surface area contributed by atoms with Crippen molar-refractivity contribution in [3.63, 3.8) is 0 Å². The number of hydrogen-bond acceptors (Lipinski definition) is 5. The van der Waals surface area contributed by atoms with Gasteiger partial charge >= 0.3 is 0 Å². The first-order valence-electron chi connectivity index (χ1n) is 12.1. The maximum absolute atomic E-state index is 11.9. The van der Waals surface area contributed by atoms with Crippen LogP contribution in [0.25, 0.3) is 16.8 Å². The predicted molar refractivity (Wildman–Crippen MR) is 134 cm³/mol. The van der Waals surface area contributed by atoms with E-state index in [-0.39, 0.29) is 19.0 Å². The molecule has 2 aliphatic heterocycles. The number of benzene rings is 3. The molecule has 0 bridgehead atoms. The van der Waals surface area contributed by atoms with Gasteiger partial charge in [-0.25, -0.2) is 0 Å². The van der Waals surface area contributed by atoms with Gasteiger partial charge in [0.25, 0.3) is 0 Å². The molecule has 3 aromatic rings. The number of aliphatic hydroxyl groups is 1. The number of β-amino-alcohol motifs (C(OH)–C–C–N with tert-alkyl or cyclic N) is 1. The van der Waals surface area contributed by atoms with Gasteiger partial charge in [0, 0.05) is 17.7 Å². The van der Waals surface area contributed by atoms with Crippen molar-refractivity contribution in [2.24, 2.45) is 0 Å². The highest BCUT2D eigenvalue weighted by atomic mass is 16.5. The molecule has 176 valence electrons. The number of aliphatic hydroxyl groups excluding tert-OH is 1. The Kier molecular flexibility index (Phi) is 7.05. The minimum atomic E-state index is -0.575. The number of carbonyl (C=O) groups excluding carboxylic acids is 1. The topological polar surface area (TPSA) is 59.0 Å². The molecule has 34 heavy (non-hydrogen) atoms. The van der Waals surface area contributed by atoms with Crippen molar-refractivity contribution >= 4 is 22.6 Å². The molecule has 0 saturated carbocycles. The van der Waals surface area contributed by atoms with E-state index >= 15 is 0 Å². The highest BCUT2D eigenvalue weighted by molar-refractivity contribution is 6.02. The van der Waals surface area contributed by atoms with Gasteiger partial charge in [-0.1, -0.05) is 60.7 Å². The van der Waals surface area contributed by atoms with Crippen LogP contribution in [0, 0.1) is 0 Å². The van der Waals surface area contributed by atoms with Gasteiger partial charge < -0.3 is 19.5 Å². The van der Waals surface area contributed by atoms with Gasteiger partial charge in [-0.2, -0.15) is 0 Å². The zero-order chi connectivity index (χ0) is 23.3. The van der Waals surface area contributed by atoms with E-state index in [0.29, 0.717) is 30.4 Å². The lowest BCUT2D eigenvalue weighted by Gasteiger charge is -2.33. The molecule has 0 unspecified atom stereocenters. The van der Waals surface area contributed by atoms with Crippen molar-refractivity contribution in [2.75, 3.05) is 39.5 Å². The van der Waals surface area contributed by atoms with E-state index in [0.717, 1.165) is 31.5 Å². The summed E-state index contributed by atoms with van der Waals surface area (Å²) in [5, 5.41) is 13.2. The van der Waals surface area contributed by atoms with Crippen LogP contribution >= 0.6 is 0 Å². The molecule has 0 aliphatic carbocycles. The molecule has 0 amide bonds. The number of ketones is 1. The van der Waals surface area contributed by atoms with E-state index in [1.165, 1.54) is 16.3 Å². The molecule has 5 heteroatoms. The smallest absolute Gasteiger partial charge is 0.186 e. The number of hydrogen-bond donors (Lipinski definition) is 1. The van der Waals surface area contributed by atoms with Crippen molar-refractivity contribution in [1.82, 2.24) is 4.90 Å². The zero-order valence-electron chi connectivity index (χ0n) is 19.4. The van der Waals surface area contributed by atoms with Crippen LogP contribution < -0.4 is 4.74 Å². The lowest BCUT2D eigenvalue weighted by atomic mass is 9.88. The number of piperidine rings is 1. The fraction of sp³-hybridized carbons (Fsp3) is 0.345. The molecule has 1 N–H and O–H groups in total. The lowest BCUT2D eigenvalue weighted by Crippen LogP contribution is -2.40. The normalized spacial score (nSPS) is 19.7. The van der Waals surface area contributed by atoms with Gasteiger partial charge in [-0.3, -0.25) is 4.79 Å². The molecule has 2 fully saturated rings. The second kappa shape index (κ2) is 10.5. The molecule has 2 saturated heterocycles. The Hall–Kier alpha value is -2.99. The van der Waals surface area contributed by atoms with Crippen molar-refractivity contribution < 1.29 is 19.4 Å². The largest absolute Gasteiger partial charge is 0.490 e. The second-order valence-electron chi connectivity index (χ2n) is 9.27. The van der Waals surface area contributed by atoms with Crippen LogP contribution in [0.3, 0.4) is 0 Å². The molecule has 0 aromatic heterocycles. The van der Waals surface area contributed by atoms with E-state index < -0.39 is 6.10 Å². The van der Waals surface area contributed by atoms with Gasteiger partial charge in [0.15, 0.2) is 5.78 Å². The number of fused-ring (bicyclic) bond motifs is 1. The standard InChI is InChI=1S/C29H31NO4/c31-27(19-34-29-8-4-3-7-25(29)16-26-18-33-20-28(26)32)17-30-13-11-22(12-14-30)24-10-9-21-5-1-2-6-23(21)15-24/h1-10,15-16,22,27,31H,11-14,17-20H2/b26-16-/t27-/m0/s1. The van der Waals surface area contributed by atoms with Crippen molar-refractivity contribution in [1.29, 1.82) is 0 Å². The number of nitrogens with zero attached hydrogens (tertiary/aromatic N) is 1. The third-order valence-electron chi connectivity index (χ3n) is 6.83. The molecule has 5 nitrogen and oxygen atoms in total. The Morgan fingerprint density at radius 2 is 1.76 bits per heavy atom. The summed E-state index contributed by atoms with van der Waals surface area (Å²) in [4.78, 5) is 14.2. The van der Waals surface area contributed by atoms with Crippen LogP contribution in [0.4, 0.5) is 0 Å². The maximum Gasteiger partial charge on any atom is 0.186 e. The van der Waals surface area contributed by atoms with Crippen LogP contribution in [0.2, 0.25) is 0 Å². The number of carbonyl (C=O) groups is 1. The first kappa shape index (κ1) is 22.8. The minimum Gasteiger partial charge on any atom is -0.490 e. The number of likely N-dealkylation sites (tertiary alicyclic amines) is 1. The van der Waals surface area contributed by atoms with Crippen LogP contribution in [0.15, 0.2) is 72.3 Å². The van der Waals surface area contributed by atoms with Crippen molar-refractivity contribution in [2.45, 2.75) is 24.9 Å². The Bertz CT molecular complexity index is 1180. The first-order valence-corrected chi connectivity index (χ1v) is 12.1. The van der Waals surface area contributed by atoms with Crippen LogP contribution in [0.5, 0.6) is 5.75 Å². The van der Waals surface area contributed by atoms with Crippen LogP contribution in [-0.4, -0.2) is 61.3 Å². The average Bonchev–Trinajstić information content (AvgIpc) is 3.28. The van der Waals surface area contributed by atoms with Crippen LogP contribution in [-0.2, 0) is 9.53 Å². The van der Waals surface area contributed by atoms with E-state index in [4.69, 9.17) is 9.47 Å². The molecule has 0 radical (unpaired) electrons. The SMILES string of the molecule is O=C1COC/C1=C/c1ccccc1OC[C@@H](O)CN1CCC(c2ccc3ccccc3c2)CC1. The summed E-state index contributed by atoms with van der Waals surface area (Å²) in [7, 11) is 0. The van der Waals surface area contributed by atoms with Crippen LogP contribution in [0.1, 0.15) is 29.9 Å². The third kappa shape index (κ3) is 5.39. The fourth-order valence-electron chi connectivity index (χ4n) is 4.92. The quantitative estimate of drug-likeness (QED) is 0.532. The molecule has 5 rings (SSSR count). The number of Topliss-reactive ketones (excluding diaryl/α,β-unsaturated/α-hetero) is 1. The van der Waals surface area contributed by atoms with Gasteiger partial charge in [0.2, 0.25) is 0 Å². The van der Waals surface area contributed by atoms with Gasteiger partial charge in [-0.15, -0.1) is 0 Å². The molecule has 2 heterocycles. The van der Waals surface area contributed by atoms with Gasteiger partial charge in [-0.05, 0) is 60.3 Å². The molecule has 2 aliphatic rings. The summed E-state index contributed by atoms with van der Waals surface area (Å²) in [6.07, 6.45) is 3.44. The second-order valence-corrected chi connectivity index (χ2v) is 9.27. The molecular formula is C29H31NO4. The summed E-state index contributed by atoms with van der Waals surface area (Å²) in [5.41, 5.74) is 2.91. The summed E-state index contributed by atoms with van der Waals surface area (Å²) >= 11 is 0. The van der Waals surface area contributed by atoms with Crippen molar-refractivity contribution in [3.05, 3.63) is 83.4 Å². The summed E-state index contributed by atoms with van der Waals surface area (Å²) < 4.78 is 11.2. The summed E-state index contributed by atoms with van der Waals surface area (Å²) in [6, 6.07) is 22.9. The first-order chi connectivity index (χ1) is 16.7. The van der Waals surface area contributed by atoms with Crippen molar-refractivity contribution in [3.8, 4) is 5.75 Å². The number of rotatable bonds is 7. The van der Waals surface area contributed by atoms with E-state index in [9.17, 15) is 9.90 Å². The third-order valence-corrected chi connectivity index (χ3v) is 6.83. The lowest BCUT2D eigenvalue weighted by molar-refractivity contribution is -0.115. The number of para-hydroxylation sites is 1. The van der Waals surface area contributed by atoms with E-state index in [1.54, 1.807) is 0 Å². The molecular weight excluding hydrogens is 426 g/mol. The van der Waals surface area contributed by atoms with E-state index in [2.05, 4.69) is 47.4 Å². The minimum absolute atomic E-state index is 0.0157. The zero-order valence-corrected chi connectivity index (χ0v) is 19.4. The molecule has 0 spiro atoms. The Morgan fingerprint density at radius 3 is 2.56 bits per heavy atom. The van der Waals surface area contributed by atoms with E-state index in [1.807, 2.05) is 30.3 Å². The maximum atomic E-state index is 11.9. The summed E-state index contributed by atoms with van der Waals surface area (Å²) in [5.74, 6) is 1.25. The fourth-order valence-corrected chi connectivity index (χ4v) is 4.92. The Labute approximate surface area is 200 Å². The highest BCUT2D eigenvalue weighted by Gasteiger charge is 2.23. The van der Waals surface area contributed by atoms with Gasteiger partial charge in [0.05, 0.1) is 6.61 Å². The summed E-state index contributed by atoms with van der Waals surface area (Å²) in [6.45, 7) is 3.24. The number of ether oxygens (including phenoxy) is 2. The predicted octanol–water partition coefficient (Wildman–Crippen LogP) is 4.44. The monoisotopic (exact) mass is 457 g/mol.